The first-order valence-corrected chi connectivity index (χ1v) is 12.5. The summed E-state index contributed by atoms with van der Waals surface area (Å²) in [4.78, 5) is 27.7. The molecule has 0 saturated heterocycles. The van der Waals surface area contributed by atoms with Gasteiger partial charge in [0, 0.05) is 23.4 Å². The highest BCUT2D eigenvalue weighted by atomic mass is 35.5. The molecule has 0 aromatic heterocycles. The molecule has 0 radical (unpaired) electrons. The number of nitrogens with zero attached hydrogens (tertiary/aromatic N) is 1. The van der Waals surface area contributed by atoms with Crippen LogP contribution in [-0.4, -0.2) is 41.1 Å². The molecular formula is C25H31ClN2O2S. The molecule has 1 fully saturated rings. The van der Waals surface area contributed by atoms with Crippen LogP contribution in [0, 0.1) is 0 Å². The largest absolute Gasteiger partial charge is 0.352 e. The fourth-order valence-corrected chi connectivity index (χ4v) is 4.88. The van der Waals surface area contributed by atoms with Gasteiger partial charge in [-0.15, -0.1) is 11.8 Å². The van der Waals surface area contributed by atoms with Crippen molar-refractivity contribution in [3.05, 3.63) is 70.7 Å². The molecule has 0 unspecified atom stereocenters. The Morgan fingerprint density at radius 3 is 2.42 bits per heavy atom. The molecule has 0 bridgehead atoms. The van der Waals surface area contributed by atoms with Crippen molar-refractivity contribution in [1.82, 2.24) is 10.2 Å². The summed E-state index contributed by atoms with van der Waals surface area (Å²) in [5, 5.41) is 3.85. The van der Waals surface area contributed by atoms with Crippen molar-refractivity contribution in [2.75, 3.05) is 12.3 Å². The van der Waals surface area contributed by atoms with Crippen LogP contribution in [0.1, 0.15) is 43.7 Å². The lowest BCUT2D eigenvalue weighted by Gasteiger charge is -2.29. The number of rotatable bonds is 10. The van der Waals surface area contributed by atoms with Crippen LogP contribution in [0.4, 0.5) is 0 Å². The molecule has 1 aliphatic rings. The van der Waals surface area contributed by atoms with Crippen LogP contribution in [-0.2, 0) is 21.8 Å². The monoisotopic (exact) mass is 458 g/mol. The molecule has 1 N–H and O–H groups in total. The number of carbonyl (C=O) groups is 2. The normalized spacial score (nSPS) is 14.9. The van der Waals surface area contributed by atoms with E-state index in [0.717, 1.165) is 49.0 Å². The molecule has 3 rings (SSSR count). The van der Waals surface area contributed by atoms with Crippen molar-refractivity contribution in [2.24, 2.45) is 0 Å². The molecule has 2 amide bonds. The molecule has 1 aliphatic carbocycles. The molecule has 0 heterocycles. The van der Waals surface area contributed by atoms with Crippen LogP contribution < -0.4 is 5.32 Å². The maximum absolute atomic E-state index is 13.1. The van der Waals surface area contributed by atoms with Gasteiger partial charge < -0.3 is 10.2 Å². The van der Waals surface area contributed by atoms with Crippen molar-refractivity contribution in [3.8, 4) is 0 Å². The lowest BCUT2D eigenvalue weighted by Crippen LogP contribution is -2.51. The minimum atomic E-state index is -0.479. The van der Waals surface area contributed by atoms with E-state index in [0.29, 0.717) is 17.3 Å². The number of halogens is 1. The van der Waals surface area contributed by atoms with E-state index < -0.39 is 6.04 Å². The minimum Gasteiger partial charge on any atom is -0.352 e. The second-order valence-electron chi connectivity index (χ2n) is 8.11. The van der Waals surface area contributed by atoms with Gasteiger partial charge in [0.1, 0.15) is 6.04 Å². The molecule has 2 aromatic rings. The molecule has 31 heavy (non-hydrogen) atoms. The van der Waals surface area contributed by atoms with Gasteiger partial charge in [0.15, 0.2) is 0 Å². The van der Waals surface area contributed by atoms with Crippen LogP contribution in [0.25, 0.3) is 0 Å². The first kappa shape index (κ1) is 23.7. The van der Waals surface area contributed by atoms with Gasteiger partial charge in [0.25, 0.3) is 0 Å². The number of amides is 2. The molecular weight excluding hydrogens is 428 g/mol. The summed E-state index contributed by atoms with van der Waals surface area (Å²) in [7, 11) is 0. The van der Waals surface area contributed by atoms with Crippen LogP contribution >= 0.6 is 23.4 Å². The van der Waals surface area contributed by atoms with E-state index in [4.69, 9.17) is 11.6 Å². The molecule has 0 spiro atoms. The second kappa shape index (κ2) is 12.2. The number of hydrogen-bond donors (Lipinski definition) is 1. The van der Waals surface area contributed by atoms with E-state index in [-0.39, 0.29) is 17.9 Å². The number of thioether (sulfide) groups is 1. The topological polar surface area (TPSA) is 49.4 Å². The Labute approximate surface area is 194 Å². The van der Waals surface area contributed by atoms with Crippen molar-refractivity contribution in [2.45, 2.75) is 56.9 Å². The van der Waals surface area contributed by atoms with E-state index in [1.165, 1.54) is 0 Å². The number of nitrogens with one attached hydrogen (secondary N) is 1. The Kier molecular flexibility index (Phi) is 9.29. The Morgan fingerprint density at radius 2 is 1.74 bits per heavy atom. The zero-order valence-corrected chi connectivity index (χ0v) is 19.6. The number of carbonyl (C=O) groups excluding carboxylic acids is 2. The average Bonchev–Trinajstić information content (AvgIpc) is 3.29. The highest BCUT2D eigenvalue weighted by Gasteiger charge is 2.28. The average molecular weight is 459 g/mol. The molecule has 1 saturated carbocycles. The summed E-state index contributed by atoms with van der Waals surface area (Å²) < 4.78 is 0. The third-order valence-corrected chi connectivity index (χ3v) is 7.00. The first-order valence-electron chi connectivity index (χ1n) is 11.0. The molecule has 2 aromatic carbocycles. The van der Waals surface area contributed by atoms with Crippen molar-refractivity contribution in [1.29, 1.82) is 0 Å². The van der Waals surface area contributed by atoms with Gasteiger partial charge in [-0.25, -0.2) is 0 Å². The third-order valence-electron chi connectivity index (χ3n) is 5.76. The summed E-state index contributed by atoms with van der Waals surface area (Å²) in [6.45, 7) is 2.38. The van der Waals surface area contributed by atoms with Gasteiger partial charge in [-0.1, -0.05) is 66.9 Å². The van der Waals surface area contributed by atoms with Gasteiger partial charge >= 0.3 is 0 Å². The predicted molar refractivity (Wildman–Crippen MR) is 129 cm³/mol. The smallest absolute Gasteiger partial charge is 0.242 e. The van der Waals surface area contributed by atoms with Gasteiger partial charge in [-0.05, 0) is 49.4 Å². The fraction of sp³-hybridized carbons (Fsp3) is 0.440. The van der Waals surface area contributed by atoms with Crippen LogP contribution in [0.15, 0.2) is 54.6 Å². The van der Waals surface area contributed by atoms with Crippen LogP contribution in [0.2, 0.25) is 5.02 Å². The third kappa shape index (κ3) is 7.58. The molecule has 0 aliphatic heterocycles. The molecule has 1 atom stereocenters. The highest BCUT2D eigenvalue weighted by Crippen LogP contribution is 2.19. The first-order chi connectivity index (χ1) is 15.0. The van der Waals surface area contributed by atoms with Crippen LogP contribution in [0.3, 0.4) is 0 Å². The number of benzene rings is 2. The van der Waals surface area contributed by atoms with E-state index in [9.17, 15) is 9.59 Å². The SMILES string of the molecule is C[C@@H](C(=O)NC1CCCC1)N(CCc1ccccc1)C(=O)CSCc1ccc(Cl)cc1. The zero-order valence-electron chi connectivity index (χ0n) is 18.1. The summed E-state index contributed by atoms with van der Waals surface area (Å²) in [6.07, 6.45) is 5.13. The highest BCUT2D eigenvalue weighted by molar-refractivity contribution is 7.99. The van der Waals surface area contributed by atoms with E-state index in [2.05, 4.69) is 17.4 Å². The van der Waals surface area contributed by atoms with E-state index >= 15 is 0 Å². The van der Waals surface area contributed by atoms with Crippen LogP contribution in [0.5, 0.6) is 0 Å². The minimum absolute atomic E-state index is 0.00367. The Morgan fingerprint density at radius 1 is 1.06 bits per heavy atom. The van der Waals surface area contributed by atoms with Gasteiger partial charge in [-0.3, -0.25) is 9.59 Å². The Bertz CT molecular complexity index is 838. The molecule has 6 heteroatoms. The maximum atomic E-state index is 13.1. The second-order valence-corrected chi connectivity index (χ2v) is 9.53. The Balaban J connectivity index is 1.59. The molecule has 166 valence electrons. The van der Waals surface area contributed by atoms with Crippen molar-refractivity contribution in [3.63, 3.8) is 0 Å². The predicted octanol–water partition coefficient (Wildman–Crippen LogP) is 5.09. The van der Waals surface area contributed by atoms with Gasteiger partial charge in [-0.2, -0.15) is 0 Å². The fourth-order valence-electron chi connectivity index (χ4n) is 3.88. The summed E-state index contributed by atoms with van der Waals surface area (Å²) in [6, 6.07) is 17.5. The zero-order chi connectivity index (χ0) is 22.1. The summed E-state index contributed by atoms with van der Waals surface area (Å²) in [5.74, 6) is 1.04. The van der Waals surface area contributed by atoms with Crippen molar-refractivity contribution < 1.29 is 9.59 Å². The van der Waals surface area contributed by atoms with Crippen molar-refractivity contribution >= 4 is 35.2 Å². The molecule has 4 nitrogen and oxygen atoms in total. The quantitative estimate of drug-likeness (QED) is 0.539. The Hall–Kier alpha value is -1.98. The lowest BCUT2D eigenvalue weighted by molar-refractivity contribution is -0.138. The van der Waals surface area contributed by atoms with E-state index in [1.807, 2.05) is 49.4 Å². The lowest BCUT2D eigenvalue weighted by atomic mass is 10.1. The maximum Gasteiger partial charge on any atom is 0.242 e. The van der Waals surface area contributed by atoms with E-state index in [1.54, 1.807) is 16.7 Å². The summed E-state index contributed by atoms with van der Waals surface area (Å²) >= 11 is 7.51. The number of hydrogen-bond acceptors (Lipinski definition) is 3. The standard InChI is InChI=1S/C25H31ClN2O2S/c1-19(25(30)27-23-9-5-6-10-23)28(16-15-20-7-3-2-4-8-20)24(29)18-31-17-21-11-13-22(26)14-12-21/h2-4,7-8,11-14,19,23H,5-6,9-10,15-18H2,1H3,(H,27,30)/t19-/m0/s1. The van der Waals surface area contributed by atoms with Gasteiger partial charge in [0.05, 0.1) is 5.75 Å². The summed E-state index contributed by atoms with van der Waals surface area (Å²) in [5.41, 5.74) is 2.29. The van der Waals surface area contributed by atoms with Gasteiger partial charge in [0.2, 0.25) is 11.8 Å².